The highest BCUT2D eigenvalue weighted by Crippen LogP contribution is 2.04. The van der Waals surface area contributed by atoms with Crippen LogP contribution in [-0.2, 0) is 4.79 Å². The summed E-state index contributed by atoms with van der Waals surface area (Å²) in [4.78, 5) is 15.2. The first-order chi connectivity index (χ1) is 7.26. The summed E-state index contributed by atoms with van der Waals surface area (Å²) in [6.07, 6.45) is 0.431. The fourth-order valence-electron chi connectivity index (χ4n) is 0.947. The third-order valence-electron chi connectivity index (χ3n) is 1.66. The summed E-state index contributed by atoms with van der Waals surface area (Å²) in [5, 5.41) is 2.66. The first kappa shape index (κ1) is 11.2. The first-order valence-electron chi connectivity index (χ1n) is 4.72. The molecule has 1 aromatic rings. The lowest BCUT2D eigenvalue weighted by Gasteiger charge is -2.01. The Labute approximate surface area is 88.9 Å². The molecule has 1 aromatic heterocycles. The molecule has 1 rings (SSSR count). The summed E-state index contributed by atoms with van der Waals surface area (Å²) in [6.45, 7) is 2.08. The topological polar surface area (TPSA) is 68.0 Å². The van der Waals surface area contributed by atoms with Gasteiger partial charge in [0.25, 0.3) is 0 Å². The average Bonchev–Trinajstić information content (AvgIpc) is 2.26. The van der Waals surface area contributed by atoms with Crippen molar-refractivity contribution in [2.24, 2.45) is 5.73 Å². The van der Waals surface area contributed by atoms with Crippen LogP contribution in [0.4, 0.5) is 5.82 Å². The van der Waals surface area contributed by atoms with E-state index in [4.69, 9.17) is 5.73 Å². The molecule has 15 heavy (non-hydrogen) atoms. The van der Waals surface area contributed by atoms with E-state index >= 15 is 0 Å². The Morgan fingerprint density at radius 3 is 3.07 bits per heavy atom. The third kappa shape index (κ3) is 3.79. The summed E-state index contributed by atoms with van der Waals surface area (Å²) < 4.78 is 0. The van der Waals surface area contributed by atoms with Crippen molar-refractivity contribution in [2.45, 2.75) is 13.3 Å². The second-order valence-corrected chi connectivity index (χ2v) is 2.82. The van der Waals surface area contributed by atoms with E-state index in [1.54, 1.807) is 25.1 Å². The number of aromatic nitrogens is 1. The zero-order valence-electron chi connectivity index (χ0n) is 8.58. The van der Waals surface area contributed by atoms with Gasteiger partial charge < -0.3 is 11.1 Å². The number of nitrogens with zero attached hydrogens (tertiary/aromatic N) is 1. The van der Waals surface area contributed by atoms with Gasteiger partial charge in [-0.3, -0.25) is 4.79 Å². The maximum atomic E-state index is 11.1. The number of pyridine rings is 1. The van der Waals surface area contributed by atoms with Crippen LogP contribution in [0.25, 0.3) is 0 Å². The van der Waals surface area contributed by atoms with Crippen molar-refractivity contribution in [1.29, 1.82) is 0 Å². The molecule has 0 aliphatic rings. The van der Waals surface area contributed by atoms with Crippen LogP contribution in [-0.4, -0.2) is 17.4 Å². The lowest BCUT2D eigenvalue weighted by Crippen LogP contribution is -2.10. The minimum absolute atomic E-state index is 0.0635. The molecular weight excluding hydrogens is 190 g/mol. The van der Waals surface area contributed by atoms with Crippen LogP contribution in [0.3, 0.4) is 0 Å². The predicted molar refractivity (Wildman–Crippen MR) is 59.1 cm³/mol. The lowest BCUT2D eigenvalue weighted by atomic mass is 10.3. The second-order valence-electron chi connectivity index (χ2n) is 2.82. The minimum atomic E-state index is -0.0635. The van der Waals surface area contributed by atoms with Crippen molar-refractivity contribution in [2.75, 3.05) is 11.9 Å². The van der Waals surface area contributed by atoms with E-state index in [0.29, 0.717) is 24.5 Å². The van der Waals surface area contributed by atoms with Gasteiger partial charge in [-0.25, -0.2) is 4.98 Å². The van der Waals surface area contributed by atoms with Gasteiger partial charge in [0.1, 0.15) is 11.5 Å². The summed E-state index contributed by atoms with van der Waals surface area (Å²) in [6, 6.07) is 5.28. The predicted octanol–water partition coefficient (Wildman–Crippen LogP) is 0.740. The number of hydrogen-bond donors (Lipinski definition) is 2. The molecule has 0 aliphatic carbocycles. The number of nitrogens with two attached hydrogens (primary N) is 1. The van der Waals surface area contributed by atoms with Crippen molar-refractivity contribution < 1.29 is 4.79 Å². The van der Waals surface area contributed by atoms with Crippen LogP contribution in [0.1, 0.15) is 19.0 Å². The van der Waals surface area contributed by atoms with Crippen LogP contribution in [0.5, 0.6) is 0 Å². The molecular formula is C11H13N3O. The summed E-state index contributed by atoms with van der Waals surface area (Å²) in [5.74, 6) is 5.96. The zero-order valence-corrected chi connectivity index (χ0v) is 8.58. The van der Waals surface area contributed by atoms with Gasteiger partial charge in [0.05, 0.1) is 6.54 Å². The molecule has 0 saturated heterocycles. The summed E-state index contributed by atoms with van der Waals surface area (Å²) in [5.41, 5.74) is 5.85. The molecule has 0 aromatic carbocycles. The number of amides is 1. The normalized spacial score (nSPS) is 8.93. The average molecular weight is 203 g/mol. The third-order valence-corrected chi connectivity index (χ3v) is 1.66. The Morgan fingerprint density at radius 1 is 1.60 bits per heavy atom. The molecule has 3 N–H and O–H groups in total. The van der Waals surface area contributed by atoms with Gasteiger partial charge in [-0.1, -0.05) is 18.9 Å². The summed E-state index contributed by atoms with van der Waals surface area (Å²) >= 11 is 0. The molecule has 1 heterocycles. The van der Waals surface area contributed by atoms with Crippen molar-refractivity contribution in [3.63, 3.8) is 0 Å². The Balaban J connectivity index is 2.78. The monoisotopic (exact) mass is 203 g/mol. The van der Waals surface area contributed by atoms with Gasteiger partial charge in [-0.05, 0) is 18.1 Å². The lowest BCUT2D eigenvalue weighted by molar-refractivity contribution is -0.115. The van der Waals surface area contributed by atoms with E-state index < -0.39 is 0 Å². The van der Waals surface area contributed by atoms with Gasteiger partial charge >= 0.3 is 0 Å². The molecule has 0 bridgehead atoms. The Bertz CT molecular complexity index is 404. The Kier molecular flexibility index (Phi) is 4.32. The SMILES string of the molecule is CCC(=O)Nc1cccc(C#CCN)n1. The molecule has 0 radical (unpaired) electrons. The molecule has 0 fully saturated rings. The van der Waals surface area contributed by atoms with Gasteiger partial charge in [0, 0.05) is 6.42 Å². The van der Waals surface area contributed by atoms with Crippen molar-refractivity contribution >= 4 is 11.7 Å². The molecule has 0 spiro atoms. The summed E-state index contributed by atoms with van der Waals surface area (Å²) in [7, 11) is 0. The number of anilines is 1. The van der Waals surface area contributed by atoms with E-state index in [0.717, 1.165) is 0 Å². The van der Waals surface area contributed by atoms with E-state index in [2.05, 4.69) is 22.1 Å². The largest absolute Gasteiger partial charge is 0.320 e. The fourth-order valence-corrected chi connectivity index (χ4v) is 0.947. The highest BCUT2D eigenvalue weighted by molar-refractivity contribution is 5.89. The highest BCUT2D eigenvalue weighted by atomic mass is 16.1. The molecule has 4 nitrogen and oxygen atoms in total. The van der Waals surface area contributed by atoms with Crippen molar-refractivity contribution in [3.05, 3.63) is 23.9 Å². The van der Waals surface area contributed by atoms with Crippen LogP contribution in [0.2, 0.25) is 0 Å². The number of nitrogens with one attached hydrogen (secondary N) is 1. The molecule has 0 saturated carbocycles. The van der Waals surface area contributed by atoms with Crippen LogP contribution >= 0.6 is 0 Å². The Hall–Kier alpha value is -1.86. The highest BCUT2D eigenvalue weighted by Gasteiger charge is 1.99. The van der Waals surface area contributed by atoms with E-state index in [9.17, 15) is 4.79 Å². The molecule has 1 amide bonds. The van der Waals surface area contributed by atoms with E-state index in [-0.39, 0.29) is 5.91 Å². The minimum Gasteiger partial charge on any atom is -0.320 e. The van der Waals surface area contributed by atoms with Gasteiger partial charge in [0.15, 0.2) is 0 Å². The molecule has 78 valence electrons. The molecule has 4 heteroatoms. The van der Waals surface area contributed by atoms with Crippen molar-refractivity contribution in [3.8, 4) is 11.8 Å². The second kappa shape index (κ2) is 5.78. The van der Waals surface area contributed by atoms with Gasteiger partial charge in [0.2, 0.25) is 5.91 Å². The number of rotatable bonds is 2. The van der Waals surface area contributed by atoms with Crippen LogP contribution in [0, 0.1) is 11.8 Å². The van der Waals surface area contributed by atoms with Crippen molar-refractivity contribution in [1.82, 2.24) is 4.98 Å². The van der Waals surface area contributed by atoms with E-state index in [1.807, 2.05) is 0 Å². The van der Waals surface area contributed by atoms with E-state index in [1.165, 1.54) is 0 Å². The standard InChI is InChI=1S/C11H13N3O/c1-2-11(15)14-10-7-3-5-9(13-10)6-4-8-12/h3,5,7H,2,8,12H2,1H3,(H,13,14,15). The molecule has 0 aliphatic heterocycles. The number of carbonyl (C=O) groups excluding carboxylic acids is 1. The molecule has 0 atom stereocenters. The molecule has 0 unspecified atom stereocenters. The fraction of sp³-hybridized carbons (Fsp3) is 0.273. The quantitative estimate of drug-likeness (QED) is 0.696. The maximum Gasteiger partial charge on any atom is 0.225 e. The number of carbonyl (C=O) groups is 1. The van der Waals surface area contributed by atoms with Crippen LogP contribution in [0.15, 0.2) is 18.2 Å². The smallest absolute Gasteiger partial charge is 0.225 e. The van der Waals surface area contributed by atoms with Crippen LogP contribution < -0.4 is 11.1 Å². The van der Waals surface area contributed by atoms with Gasteiger partial charge in [-0.2, -0.15) is 0 Å². The zero-order chi connectivity index (χ0) is 11.1. The Morgan fingerprint density at radius 2 is 2.40 bits per heavy atom. The maximum absolute atomic E-state index is 11.1. The number of hydrogen-bond acceptors (Lipinski definition) is 3. The first-order valence-corrected chi connectivity index (χ1v) is 4.72. The van der Waals surface area contributed by atoms with Gasteiger partial charge in [-0.15, -0.1) is 0 Å².